The van der Waals surface area contributed by atoms with E-state index in [1.807, 2.05) is 13.8 Å². The highest BCUT2D eigenvalue weighted by atomic mass is 19.1. The Bertz CT molecular complexity index is 738. The van der Waals surface area contributed by atoms with Crippen molar-refractivity contribution >= 4 is 11.9 Å². The zero-order chi connectivity index (χ0) is 17.9. The lowest BCUT2D eigenvalue weighted by molar-refractivity contribution is -0.137. The Morgan fingerprint density at radius 3 is 2.42 bits per heavy atom. The number of carboxylic acids is 1. The fourth-order valence-electron chi connectivity index (χ4n) is 2.49. The Morgan fingerprint density at radius 1 is 1.29 bits per heavy atom. The first-order chi connectivity index (χ1) is 11.3. The lowest BCUT2D eigenvalue weighted by atomic mass is 10.0. The highest BCUT2D eigenvalue weighted by Gasteiger charge is 2.21. The van der Waals surface area contributed by atoms with Crippen LogP contribution in [0.5, 0.6) is 0 Å². The molecule has 1 amide bonds. The Hall–Kier alpha value is -2.70. The molecule has 24 heavy (non-hydrogen) atoms. The van der Waals surface area contributed by atoms with Crippen molar-refractivity contribution in [2.45, 2.75) is 32.2 Å². The number of benzene rings is 1. The van der Waals surface area contributed by atoms with Crippen LogP contribution in [0.3, 0.4) is 0 Å². The average molecular weight is 333 g/mol. The minimum Gasteiger partial charge on any atom is -0.481 e. The summed E-state index contributed by atoms with van der Waals surface area (Å²) in [6, 6.07) is 6.30. The topological polar surface area (TPSA) is 84.2 Å². The molecule has 0 aliphatic carbocycles. The van der Waals surface area contributed by atoms with E-state index >= 15 is 0 Å². The molecular weight excluding hydrogens is 313 g/mol. The Labute approximate surface area is 139 Å². The summed E-state index contributed by atoms with van der Waals surface area (Å²) in [5.41, 5.74) is 1.64. The molecule has 2 N–H and O–H groups in total. The van der Waals surface area contributed by atoms with Crippen molar-refractivity contribution in [3.05, 3.63) is 53.1 Å². The third-order valence-electron chi connectivity index (χ3n) is 3.70. The van der Waals surface area contributed by atoms with Gasteiger partial charge in [0.25, 0.3) is 5.91 Å². The van der Waals surface area contributed by atoms with Crippen LogP contribution in [0.4, 0.5) is 4.39 Å². The van der Waals surface area contributed by atoms with Gasteiger partial charge < -0.3 is 10.4 Å². The SMILES string of the molecule is CC(C)c1cc(C(=O)N[C@H](CC(=O)O)c2ccc(F)cc2)nn1C. The number of aryl methyl sites for hydroxylation is 1. The molecule has 0 saturated carbocycles. The van der Waals surface area contributed by atoms with Gasteiger partial charge in [-0.3, -0.25) is 14.3 Å². The van der Waals surface area contributed by atoms with Gasteiger partial charge in [0.2, 0.25) is 0 Å². The molecule has 0 bridgehead atoms. The number of carboxylic acid groups (broad SMARTS) is 1. The number of hydrogen-bond donors (Lipinski definition) is 2. The van der Waals surface area contributed by atoms with E-state index in [9.17, 15) is 14.0 Å². The number of carbonyl (C=O) groups is 2. The molecule has 0 saturated heterocycles. The van der Waals surface area contributed by atoms with Crippen molar-refractivity contribution < 1.29 is 19.1 Å². The Kier molecular flexibility index (Phi) is 5.33. The van der Waals surface area contributed by atoms with Crippen molar-refractivity contribution in [2.24, 2.45) is 7.05 Å². The molecule has 0 radical (unpaired) electrons. The van der Waals surface area contributed by atoms with Crippen molar-refractivity contribution in [3.63, 3.8) is 0 Å². The van der Waals surface area contributed by atoms with Crippen LogP contribution in [0.15, 0.2) is 30.3 Å². The van der Waals surface area contributed by atoms with Gasteiger partial charge in [0.05, 0.1) is 12.5 Å². The molecule has 0 unspecified atom stereocenters. The predicted octanol–water partition coefficient (Wildman–Crippen LogP) is 2.63. The molecular formula is C17H20FN3O3. The highest BCUT2D eigenvalue weighted by Crippen LogP contribution is 2.19. The lowest BCUT2D eigenvalue weighted by Gasteiger charge is -2.16. The monoisotopic (exact) mass is 333 g/mol. The number of rotatable bonds is 6. The van der Waals surface area contributed by atoms with Crippen molar-refractivity contribution in [1.29, 1.82) is 0 Å². The van der Waals surface area contributed by atoms with Gasteiger partial charge in [-0.15, -0.1) is 0 Å². The predicted molar refractivity (Wildman–Crippen MR) is 86.2 cm³/mol. The molecule has 0 aliphatic rings. The number of hydrogen-bond acceptors (Lipinski definition) is 3. The normalized spacial score (nSPS) is 12.2. The maximum Gasteiger partial charge on any atom is 0.305 e. The molecule has 1 heterocycles. The van der Waals surface area contributed by atoms with Gasteiger partial charge in [0.1, 0.15) is 11.5 Å². The first-order valence-electron chi connectivity index (χ1n) is 7.60. The summed E-state index contributed by atoms with van der Waals surface area (Å²) >= 11 is 0. The minimum atomic E-state index is -1.06. The molecule has 0 fully saturated rings. The van der Waals surface area contributed by atoms with Crippen LogP contribution >= 0.6 is 0 Å². The fourth-order valence-corrected chi connectivity index (χ4v) is 2.49. The maximum atomic E-state index is 13.0. The highest BCUT2D eigenvalue weighted by molar-refractivity contribution is 5.93. The van der Waals surface area contributed by atoms with Gasteiger partial charge in [-0.1, -0.05) is 26.0 Å². The van der Waals surface area contributed by atoms with Crippen molar-refractivity contribution in [2.75, 3.05) is 0 Å². The standard InChI is InChI=1S/C17H20FN3O3/c1-10(2)15-8-14(20-21(15)3)17(24)19-13(9-16(22)23)11-4-6-12(18)7-5-11/h4-8,10,13H,9H2,1-3H3,(H,19,24)(H,22,23)/t13-/m1/s1. The fraction of sp³-hybridized carbons (Fsp3) is 0.353. The molecule has 2 rings (SSSR count). The van der Waals surface area contributed by atoms with Crippen LogP contribution in [0.25, 0.3) is 0 Å². The molecule has 1 aromatic carbocycles. The van der Waals surface area contributed by atoms with E-state index in [0.717, 1.165) is 5.69 Å². The number of nitrogens with one attached hydrogen (secondary N) is 1. The van der Waals surface area contributed by atoms with Crippen molar-refractivity contribution in [1.82, 2.24) is 15.1 Å². The lowest BCUT2D eigenvalue weighted by Crippen LogP contribution is -2.30. The first kappa shape index (κ1) is 17.7. The van der Waals surface area contributed by atoms with Crippen molar-refractivity contribution in [3.8, 4) is 0 Å². The summed E-state index contributed by atoms with van der Waals surface area (Å²) in [5, 5.41) is 15.9. The van der Waals surface area contributed by atoms with E-state index in [0.29, 0.717) is 5.56 Å². The molecule has 6 nitrogen and oxygen atoms in total. The third kappa shape index (κ3) is 4.18. The van der Waals surface area contributed by atoms with Crippen LogP contribution in [0.2, 0.25) is 0 Å². The van der Waals surface area contributed by atoms with E-state index in [2.05, 4.69) is 10.4 Å². The van der Waals surface area contributed by atoms with Crippen LogP contribution in [0, 0.1) is 5.82 Å². The second-order valence-electron chi connectivity index (χ2n) is 5.91. The molecule has 1 atom stereocenters. The number of aliphatic carboxylic acids is 1. The summed E-state index contributed by atoms with van der Waals surface area (Å²) in [5.74, 6) is -1.75. The minimum absolute atomic E-state index is 0.205. The number of carbonyl (C=O) groups excluding carboxylic acids is 1. The Morgan fingerprint density at radius 2 is 1.92 bits per heavy atom. The van der Waals surface area contributed by atoms with Crippen LogP contribution in [0.1, 0.15) is 54.0 Å². The van der Waals surface area contributed by atoms with E-state index in [1.54, 1.807) is 17.8 Å². The van der Waals surface area contributed by atoms with E-state index in [1.165, 1.54) is 24.3 Å². The third-order valence-corrected chi connectivity index (χ3v) is 3.70. The van der Waals surface area contributed by atoms with E-state index in [4.69, 9.17) is 5.11 Å². The molecule has 2 aromatic rings. The molecule has 7 heteroatoms. The molecule has 128 valence electrons. The zero-order valence-corrected chi connectivity index (χ0v) is 13.8. The van der Waals surface area contributed by atoms with Crippen LogP contribution < -0.4 is 5.32 Å². The summed E-state index contributed by atoms with van der Waals surface area (Å²) in [7, 11) is 1.75. The largest absolute Gasteiger partial charge is 0.481 e. The number of nitrogens with zero attached hydrogens (tertiary/aromatic N) is 2. The maximum absolute atomic E-state index is 13.0. The van der Waals surface area contributed by atoms with Gasteiger partial charge in [-0.05, 0) is 29.7 Å². The quantitative estimate of drug-likeness (QED) is 0.851. The summed E-state index contributed by atoms with van der Waals surface area (Å²) in [4.78, 5) is 23.5. The van der Waals surface area contributed by atoms with E-state index in [-0.39, 0.29) is 18.0 Å². The van der Waals surface area contributed by atoms with Gasteiger partial charge >= 0.3 is 5.97 Å². The number of amides is 1. The number of halogens is 1. The molecule has 0 spiro atoms. The second kappa shape index (κ2) is 7.25. The van der Waals surface area contributed by atoms with Gasteiger partial charge in [0.15, 0.2) is 0 Å². The summed E-state index contributed by atoms with van der Waals surface area (Å²) in [6.07, 6.45) is -0.304. The van der Waals surface area contributed by atoms with Crippen LogP contribution in [-0.4, -0.2) is 26.8 Å². The van der Waals surface area contributed by atoms with E-state index < -0.39 is 23.7 Å². The Balaban J connectivity index is 2.22. The summed E-state index contributed by atoms with van der Waals surface area (Å²) in [6.45, 7) is 3.98. The van der Waals surface area contributed by atoms with Gasteiger partial charge in [-0.25, -0.2) is 4.39 Å². The first-order valence-corrected chi connectivity index (χ1v) is 7.60. The summed E-state index contributed by atoms with van der Waals surface area (Å²) < 4.78 is 14.7. The molecule has 1 aromatic heterocycles. The van der Waals surface area contributed by atoms with Gasteiger partial charge in [0, 0.05) is 12.7 Å². The van der Waals surface area contributed by atoms with Crippen LogP contribution in [-0.2, 0) is 11.8 Å². The molecule has 0 aliphatic heterocycles. The smallest absolute Gasteiger partial charge is 0.305 e. The average Bonchev–Trinajstić information content (AvgIpc) is 2.89. The van der Waals surface area contributed by atoms with Gasteiger partial charge in [-0.2, -0.15) is 5.10 Å². The second-order valence-corrected chi connectivity index (χ2v) is 5.91. The zero-order valence-electron chi connectivity index (χ0n) is 13.8. The number of aromatic nitrogens is 2.